The molecule has 2 heteroatoms. The number of nitrogens with zero attached hydrogens (tertiary/aromatic N) is 1. The highest BCUT2D eigenvalue weighted by Gasteiger charge is 2.09. The Bertz CT molecular complexity index is 145. The fraction of sp³-hybridized carbons (Fsp3) is 1.00. The van der Waals surface area contributed by atoms with Crippen molar-refractivity contribution < 1.29 is 5.11 Å². The predicted molar refractivity (Wildman–Crippen MR) is 80.8 cm³/mol. The molecule has 1 N–H and O–H groups in total. The first kappa shape index (κ1) is 17.9. The van der Waals surface area contributed by atoms with E-state index in [-0.39, 0.29) is 6.23 Å². The summed E-state index contributed by atoms with van der Waals surface area (Å²) in [5, 5.41) is 9.74. The third kappa shape index (κ3) is 11.0. The van der Waals surface area contributed by atoms with E-state index in [1.807, 2.05) is 6.92 Å². The van der Waals surface area contributed by atoms with E-state index in [0.29, 0.717) is 0 Å². The van der Waals surface area contributed by atoms with Crippen LogP contribution in [0, 0.1) is 0 Å². The quantitative estimate of drug-likeness (QED) is 0.386. The van der Waals surface area contributed by atoms with E-state index in [2.05, 4.69) is 18.7 Å². The van der Waals surface area contributed by atoms with Crippen LogP contribution in [-0.4, -0.2) is 29.3 Å². The van der Waals surface area contributed by atoms with Gasteiger partial charge in [0.05, 0.1) is 0 Å². The van der Waals surface area contributed by atoms with Gasteiger partial charge in [0, 0.05) is 13.1 Å². The minimum absolute atomic E-state index is 0.276. The molecule has 0 aliphatic heterocycles. The van der Waals surface area contributed by atoms with E-state index in [4.69, 9.17) is 0 Å². The lowest BCUT2D eigenvalue weighted by atomic mass is 10.1. The van der Waals surface area contributed by atoms with Crippen molar-refractivity contribution in [2.24, 2.45) is 0 Å². The maximum absolute atomic E-state index is 9.74. The molecule has 0 fully saturated rings. The molecule has 0 heterocycles. The van der Waals surface area contributed by atoms with Crippen LogP contribution in [0.2, 0.25) is 0 Å². The summed E-state index contributed by atoms with van der Waals surface area (Å²) in [5.41, 5.74) is 0. The Morgan fingerprint density at radius 1 is 0.722 bits per heavy atom. The van der Waals surface area contributed by atoms with Gasteiger partial charge >= 0.3 is 0 Å². The zero-order valence-electron chi connectivity index (χ0n) is 13.0. The second-order valence-electron chi connectivity index (χ2n) is 5.50. The first-order valence-corrected chi connectivity index (χ1v) is 8.14. The molecular formula is C16H35NO. The average molecular weight is 257 g/mol. The van der Waals surface area contributed by atoms with Crippen molar-refractivity contribution in [3.05, 3.63) is 0 Å². The second-order valence-corrected chi connectivity index (χ2v) is 5.50. The Morgan fingerprint density at radius 2 is 1.11 bits per heavy atom. The monoisotopic (exact) mass is 257 g/mol. The summed E-state index contributed by atoms with van der Waals surface area (Å²) in [4.78, 5) is 2.23. The van der Waals surface area contributed by atoms with Crippen LogP contribution >= 0.6 is 0 Å². The molecule has 0 aromatic carbocycles. The van der Waals surface area contributed by atoms with Crippen molar-refractivity contribution in [3.8, 4) is 0 Å². The van der Waals surface area contributed by atoms with Crippen LogP contribution in [0.3, 0.4) is 0 Å². The summed E-state index contributed by atoms with van der Waals surface area (Å²) in [7, 11) is 0. The Kier molecular flexibility index (Phi) is 13.3. The highest BCUT2D eigenvalue weighted by atomic mass is 16.3. The minimum Gasteiger partial charge on any atom is -0.379 e. The largest absolute Gasteiger partial charge is 0.379 e. The van der Waals surface area contributed by atoms with Gasteiger partial charge in [0.1, 0.15) is 6.23 Å². The van der Waals surface area contributed by atoms with Crippen LogP contribution in [0.5, 0.6) is 0 Å². The lowest BCUT2D eigenvalue weighted by molar-refractivity contribution is 0.0163. The van der Waals surface area contributed by atoms with Gasteiger partial charge in [-0.2, -0.15) is 0 Å². The molecule has 0 bridgehead atoms. The van der Waals surface area contributed by atoms with Crippen molar-refractivity contribution in [1.29, 1.82) is 0 Å². The molecule has 0 saturated heterocycles. The van der Waals surface area contributed by atoms with Crippen LogP contribution in [0.15, 0.2) is 0 Å². The van der Waals surface area contributed by atoms with Gasteiger partial charge < -0.3 is 5.11 Å². The van der Waals surface area contributed by atoms with Gasteiger partial charge in [0.15, 0.2) is 0 Å². The Morgan fingerprint density at radius 3 is 1.44 bits per heavy atom. The number of hydrogen-bond acceptors (Lipinski definition) is 2. The zero-order valence-corrected chi connectivity index (χ0v) is 13.0. The van der Waals surface area contributed by atoms with Gasteiger partial charge in [-0.15, -0.1) is 0 Å². The van der Waals surface area contributed by atoms with Crippen LogP contribution in [0.25, 0.3) is 0 Å². The summed E-state index contributed by atoms with van der Waals surface area (Å²) < 4.78 is 0. The highest BCUT2D eigenvalue weighted by molar-refractivity contribution is 4.59. The van der Waals surface area contributed by atoms with Gasteiger partial charge in [0.25, 0.3) is 0 Å². The summed E-state index contributed by atoms with van der Waals surface area (Å²) in [6, 6.07) is 0. The van der Waals surface area contributed by atoms with Crippen LogP contribution < -0.4 is 0 Å². The lowest BCUT2D eigenvalue weighted by Crippen LogP contribution is -2.34. The molecule has 1 atom stereocenters. The summed E-state index contributed by atoms with van der Waals surface area (Å²) in [6.45, 7) is 8.53. The van der Waals surface area contributed by atoms with Gasteiger partial charge in [-0.3, -0.25) is 4.90 Å². The number of rotatable bonds is 13. The van der Waals surface area contributed by atoms with Crippen LogP contribution in [-0.2, 0) is 0 Å². The third-order valence-electron chi connectivity index (χ3n) is 3.63. The van der Waals surface area contributed by atoms with E-state index in [9.17, 15) is 5.11 Å². The summed E-state index contributed by atoms with van der Waals surface area (Å²) >= 11 is 0. The fourth-order valence-corrected chi connectivity index (χ4v) is 2.32. The normalized spacial score (nSPS) is 13.2. The van der Waals surface area contributed by atoms with E-state index in [0.717, 1.165) is 13.1 Å². The topological polar surface area (TPSA) is 23.5 Å². The van der Waals surface area contributed by atoms with Crippen molar-refractivity contribution in [3.63, 3.8) is 0 Å². The van der Waals surface area contributed by atoms with Gasteiger partial charge in [-0.1, -0.05) is 65.2 Å². The van der Waals surface area contributed by atoms with E-state index >= 15 is 0 Å². The SMILES string of the molecule is CCCCCCCN(CCCCCCC)C(C)O. The van der Waals surface area contributed by atoms with Crippen molar-refractivity contribution in [1.82, 2.24) is 4.90 Å². The molecule has 0 spiro atoms. The zero-order chi connectivity index (χ0) is 13.6. The van der Waals surface area contributed by atoms with Gasteiger partial charge in [-0.05, 0) is 19.8 Å². The molecule has 2 nitrogen and oxygen atoms in total. The Labute approximate surface area is 115 Å². The smallest absolute Gasteiger partial charge is 0.104 e. The molecular weight excluding hydrogens is 222 g/mol. The van der Waals surface area contributed by atoms with Gasteiger partial charge in [-0.25, -0.2) is 0 Å². The molecule has 0 aliphatic carbocycles. The molecule has 0 aromatic rings. The Hall–Kier alpha value is -0.0800. The van der Waals surface area contributed by atoms with Crippen molar-refractivity contribution >= 4 is 0 Å². The van der Waals surface area contributed by atoms with E-state index in [1.165, 1.54) is 64.2 Å². The Balaban J connectivity index is 3.53. The standard InChI is InChI=1S/C16H35NO/c1-4-6-8-10-12-14-17(16(3)18)15-13-11-9-7-5-2/h16,18H,4-15H2,1-3H3. The molecule has 0 saturated carbocycles. The molecule has 0 rings (SSSR count). The van der Waals surface area contributed by atoms with Crippen LogP contribution in [0.4, 0.5) is 0 Å². The maximum atomic E-state index is 9.74. The van der Waals surface area contributed by atoms with Crippen LogP contribution in [0.1, 0.15) is 85.0 Å². The molecule has 0 aliphatic rings. The maximum Gasteiger partial charge on any atom is 0.104 e. The number of aliphatic hydroxyl groups excluding tert-OH is 1. The number of hydrogen-bond donors (Lipinski definition) is 1. The summed E-state index contributed by atoms with van der Waals surface area (Å²) in [6.07, 6.45) is 12.8. The lowest BCUT2D eigenvalue weighted by Gasteiger charge is -2.25. The van der Waals surface area contributed by atoms with E-state index < -0.39 is 0 Å². The van der Waals surface area contributed by atoms with E-state index in [1.54, 1.807) is 0 Å². The first-order valence-electron chi connectivity index (χ1n) is 8.14. The molecule has 0 radical (unpaired) electrons. The minimum atomic E-state index is -0.276. The molecule has 110 valence electrons. The second kappa shape index (κ2) is 13.4. The first-order chi connectivity index (χ1) is 8.72. The fourth-order valence-electron chi connectivity index (χ4n) is 2.32. The van der Waals surface area contributed by atoms with Gasteiger partial charge in [0.2, 0.25) is 0 Å². The average Bonchev–Trinajstić information content (AvgIpc) is 2.35. The van der Waals surface area contributed by atoms with Crippen molar-refractivity contribution in [2.75, 3.05) is 13.1 Å². The molecule has 0 aromatic heterocycles. The molecule has 0 amide bonds. The third-order valence-corrected chi connectivity index (χ3v) is 3.63. The molecule has 18 heavy (non-hydrogen) atoms. The highest BCUT2D eigenvalue weighted by Crippen LogP contribution is 2.08. The van der Waals surface area contributed by atoms with Crippen molar-refractivity contribution in [2.45, 2.75) is 91.2 Å². The summed E-state index contributed by atoms with van der Waals surface area (Å²) in [5.74, 6) is 0. The number of aliphatic hydroxyl groups is 1. The number of unbranched alkanes of at least 4 members (excludes halogenated alkanes) is 8. The predicted octanol–water partition coefficient (Wildman–Crippen LogP) is 4.57. The molecule has 1 unspecified atom stereocenters.